The van der Waals surface area contributed by atoms with Gasteiger partial charge in [-0.2, -0.15) is 5.10 Å². The van der Waals surface area contributed by atoms with E-state index in [1.807, 2.05) is 24.8 Å². The number of nitrogens with zero attached hydrogens (tertiary/aromatic N) is 2. The molecule has 1 aliphatic rings. The first-order valence-electron chi connectivity index (χ1n) is 7.49. The zero-order valence-electron chi connectivity index (χ0n) is 12.6. The summed E-state index contributed by atoms with van der Waals surface area (Å²) in [6.45, 7) is 4.80. The van der Waals surface area contributed by atoms with Crippen molar-refractivity contribution in [2.45, 2.75) is 39.2 Å². The van der Waals surface area contributed by atoms with Gasteiger partial charge in [-0.25, -0.2) is 0 Å². The van der Waals surface area contributed by atoms with Gasteiger partial charge in [-0.05, 0) is 32.3 Å². The Kier molecular flexibility index (Phi) is 3.78. The Labute approximate surface area is 125 Å². The zero-order valence-corrected chi connectivity index (χ0v) is 12.6. The quantitative estimate of drug-likeness (QED) is 0.936. The van der Waals surface area contributed by atoms with E-state index in [1.54, 1.807) is 0 Å². The topological polar surface area (TPSA) is 49.0 Å². The number of aryl methyl sites for hydroxylation is 2. The van der Waals surface area contributed by atoms with Crippen LogP contribution in [0.25, 0.3) is 0 Å². The van der Waals surface area contributed by atoms with Crippen LogP contribution in [-0.4, -0.2) is 33.6 Å². The van der Waals surface area contributed by atoms with Gasteiger partial charge in [0.05, 0.1) is 12.1 Å². The van der Waals surface area contributed by atoms with Crippen LogP contribution in [0, 0.1) is 13.8 Å². The fourth-order valence-electron chi connectivity index (χ4n) is 2.95. The number of benzene rings is 1. The number of carbonyl (C=O) groups is 1. The van der Waals surface area contributed by atoms with E-state index in [9.17, 15) is 4.79 Å². The molecule has 1 N–H and O–H groups in total. The van der Waals surface area contributed by atoms with Crippen LogP contribution in [0.4, 0.5) is 0 Å². The van der Waals surface area contributed by atoms with Gasteiger partial charge in [-0.15, -0.1) is 0 Å². The van der Waals surface area contributed by atoms with Crippen LogP contribution in [0.5, 0.6) is 0 Å². The highest BCUT2D eigenvalue weighted by molar-refractivity contribution is 5.80. The Morgan fingerprint density at radius 3 is 2.67 bits per heavy atom. The summed E-state index contributed by atoms with van der Waals surface area (Å²) >= 11 is 0. The van der Waals surface area contributed by atoms with Crippen molar-refractivity contribution in [1.82, 2.24) is 15.1 Å². The molecule has 0 saturated carbocycles. The van der Waals surface area contributed by atoms with Crippen LogP contribution in [-0.2, 0) is 17.6 Å². The van der Waals surface area contributed by atoms with Crippen molar-refractivity contribution in [2.24, 2.45) is 0 Å². The molecule has 110 valence electrons. The van der Waals surface area contributed by atoms with Crippen molar-refractivity contribution in [3.05, 3.63) is 52.8 Å². The summed E-state index contributed by atoms with van der Waals surface area (Å²) in [6.07, 6.45) is 2.51. The van der Waals surface area contributed by atoms with Crippen LogP contribution in [0.2, 0.25) is 0 Å². The molecule has 0 radical (unpaired) electrons. The molecule has 4 heteroatoms. The number of amides is 1. The third-order valence-corrected chi connectivity index (χ3v) is 4.39. The van der Waals surface area contributed by atoms with E-state index in [2.05, 4.69) is 34.5 Å². The van der Waals surface area contributed by atoms with Gasteiger partial charge in [-0.1, -0.05) is 30.3 Å². The molecule has 2 heterocycles. The molecule has 1 aromatic heterocycles. The lowest BCUT2D eigenvalue weighted by Gasteiger charge is -2.41. The minimum Gasteiger partial charge on any atom is -0.339 e. The van der Waals surface area contributed by atoms with Crippen molar-refractivity contribution >= 4 is 5.91 Å². The summed E-state index contributed by atoms with van der Waals surface area (Å²) < 4.78 is 0. The van der Waals surface area contributed by atoms with Gasteiger partial charge in [0.25, 0.3) is 0 Å². The summed E-state index contributed by atoms with van der Waals surface area (Å²) in [7, 11) is 0. The number of aromatic amines is 1. The van der Waals surface area contributed by atoms with E-state index in [4.69, 9.17) is 0 Å². The number of aromatic nitrogens is 2. The molecule has 1 amide bonds. The molecule has 3 rings (SSSR count). The number of hydrogen-bond acceptors (Lipinski definition) is 2. The van der Waals surface area contributed by atoms with Gasteiger partial charge < -0.3 is 4.90 Å². The normalized spacial score (nSPS) is 17.6. The van der Waals surface area contributed by atoms with Crippen LogP contribution >= 0.6 is 0 Å². The summed E-state index contributed by atoms with van der Waals surface area (Å²) in [5.41, 5.74) is 4.28. The number of rotatable bonds is 4. The predicted molar refractivity (Wildman–Crippen MR) is 82.0 cm³/mol. The fraction of sp³-hybridized carbons (Fsp3) is 0.412. The van der Waals surface area contributed by atoms with Crippen LogP contribution in [0.1, 0.15) is 28.9 Å². The molecule has 0 spiro atoms. The fourth-order valence-corrected chi connectivity index (χ4v) is 2.95. The lowest BCUT2D eigenvalue weighted by molar-refractivity contribution is -0.138. The summed E-state index contributed by atoms with van der Waals surface area (Å²) in [4.78, 5) is 14.5. The van der Waals surface area contributed by atoms with Gasteiger partial charge in [-0.3, -0.25) is 9.89 Å². The number of nitrogens with one attached hydrogen (secondary N) is 1. The van der Waals surface area contributed by atoms with Crippen molar-refractivity contribution in [3.8, 4) is 0 Å². The lowest BCUT2D eigenvalue weighted by atomic mass is 9.94. The molecule has 1 fully saturated rings. The average molecular weight is 283 g/mol. The third-order valence-electron chi connectivity index (χ3n) is 4.39. The SMILES string of the molecule is Cc1n[nH]c(C)c1CC(=O)N1CCC1Cc1ccccc1. The van der Waals surface area contributed by atoms with Gasteiger partial charge in [0.2, 0.25) is 5.91 Å². The molecule has 1 aromatic carbocycles. The molecule has 1 saturated heterocycles. The largest absolute Gasteiger partial charge is 0.339 e. The first kappa shape index (κ1) is 13.9. The van der Waals surface area contributed by atoms with Crippen molar-refractivity contribution in [2.75, 3.05) is 6.54 Å². The molecule has 21 heavy (non-hydrogen) atoms. The minimum atomic E-state index is 0.217. The molecule has 1 unspecified atom stereocenters. The van der Waals surface area contributed by atoms with E-state index < -0.39 is 0 Å². The van der Waals surface area contributed by atoms with Gasteiger partial charge >= 0.3 is 0 Å². The van der Waals surface area contributed by atoms with E-state index in [0.29, 0.717) is 12.5 Å². The Morgan fingerprint density at radius 1 is 1.33 bits per heavy atom. The number of hydrogen-bond donors (Lipinski definition) is 1. The summed E-state index contributed by atoms with van der Waals surface area (Å²) in [6, 6.07) is 10.7. The number of likely N-dealkylation sites (tertiary alicyclic amines) is 1. The molecular formula is C17H21N3O. The van der Waals surface area contributed by atoms with Crippen molar-refractivity contribution in [1.29, 1.82) is 0 Å². The second kappa shape index (κ2) is 5.72. The maximum Gasteiger partial charge on any atom is 0.227 e. The highest BCUT2D eigenvalue weighted by Gasteiger charge is 2.32. The monoisotopic (exact) mass is 283 g/mol. The molecule has 2 aromatic rings. The van der Waals surface area contributed by atoms with Crippen molar-refractivity contribution < 1.29 is 4.79 Å². The second-order valence-electron chi connectivity index (χ2n) is 5.81. The maximum absolute atomic E-state index is 12.5. The first-order valence-corrected chi connectivity index (χ1v) is 7.49. The molecule has 0 bridgehead atoms. The molecule has 1 aliphatic heterocycles. The third kappa shape index (κ3) is 2.84. The molecular weight excluding hydrogens is 262 g/mol. The van der Waals surface area contributed by atoms with Crippen LogP contribution in [0.15, 0.2) is 30.3 Å². The molecule has 4 nitrogen and oxygen atoms in total. The Morgan fingerprint density at radius 2 is 2.10 bits per heavy atom. The van der Waals surface area contributed by atoms with Gasteiger partial charge in [0, 0.05) is 23.8 Å². The highest BCUT2D eigenvalue weighted by atomic mass is 16.2. The minimum absolute atomic E-state index is 0.217. The summed E-state index contributed by atoms with van der Waals surface area (Å²) in [5.74, 6) is 0.217. The van der Waals surface area contributed by atoms with Gasteiger partial charge in [0.15, 0.2) is 0 Å². The summed E-state index contributed by atoms with van der Waals surface area (Å²) in [5, 5.41) is 7.11. The number of carbonyl (C=O) groups excluding carboxylic acids is 1. The first-order chi connectivity index (χ1) is 10.1. The Hall–Kier alpha value is -2.10. The van der Waals surface area contributed by atoms with E-state index >= 15 is 0 Å². The second-order valence-corrected chi connectivity index (χ2v) is 5.81. The smallest absolute Gasteiger partial charge is 0.227 e. The van der Waals surface area contributed by atoms with E-state index in [0.717, 1.165) is 36.3 Å². The molecule has 0 aliphatic carbocycles. The highest BCUT2D eigenvalue weighted by Crippen LogP contribution is 2.23. The standard InChI is InChI=1S/C17H21N3O/c1-12-16(13(2)19-18-12)11-17(21)20-9-8-15(20)10-14-6-4-3-5-7-14/h3-7,15H,8-11H2,1-2H3,(H,18,19). The predicted octanol–water partition coefficient (Wildman–Crippen LogP) is 2.41. The average Bonchev–Trinajstić information content (AvgIpc) is 2.76. The Bertz CT molecular complexity index is 613. The lowest BCUT2D eigenvalue weighted by Crippen LogP contribution is -2.52. The van der Waals surface area contributed by atoms with Gasteiger partial charge in [0.1, 0.15) is 0 Å². The maximum atomic E-state index is 12.5. The van der Waals surface area contributed by atoms with E-state index in [1.165, 1.54) is 5.56 Å². The van der Waals surface area contributed by atoms with Crippen LogP contribution in [0.3, 0.4) is 0 Å². The Balaban J connectivity index is 1.63. The zero-order chi connectivity index (χ0) is 14.8. The number of H-pyrrole nitrogens is 1. The molecule has 1 atom stereocenters. The van der Waals surface area contributed by atoms with E-state index in [-0.39, 0.29) is 5.91 Å². The van der Waals surface area contributed by atoms with Crippen LogP contribution < -0.4 is 0 Å². The van der Waals surface area contributed by atoms with Crippen molar-refractivity contribution in [3.63, 3.8) is 0 Å².